The highest BCUT2D eigenvalue weighted by molar-refractivity contribution is 5.45. The summed E-state index contributed by atoms with van der Waals surface area (Å²) >= 11 is 0. The molecule has 82 valence electrons. The van der Waals surface area contributed by atoms with E-state index in [2.05, 4.69) is 13.8 Å². The summed E-state index contributed by atoms with van der Waals surface area (Å²) in [4.78, 5) is 0. The Balaban J connectivity index is 2.48. The predicted molar refractivity (Wildman–Crippen MR) is 57.2 cm³/mol. The fourth-order valence-electron chi connectivity index (χ4n) is 2.14. The zero-order valence-corrected chi connectivity index (χ0v) is 9.30. The molecule has 3 heteroatoms. The van der Waals surface area contributed by atoms with E-state index in [-0.39, 0.29) is 11.2 Å². The molecule has 0 amide bonds. The minimum atomic E-state index is -0.444. The van der Waals surface area contributed by atoms with Gasteiger partial charge in [0.05, 0.1) is 12.6 Å². The van der Waals surface area contributed by atoms with Gasteiger partial charge in [-0.3, -0.25) is 0 Å². The van der Waals surface area contributed by atoms with Crippen molar-refractivity contribution in [1.82, 2.24) is 0 Å². The number of hydrogen-bond donors (Lipinski definition) is 1. The van der Waals surface area contributed by atoms with Crippen LogP contribution in [0.4, 0.5) is 4.39 Å². The van der Waals surface area contributed by atoms with Gasteiger partial charge < -0.3 is 10.5 Å². The van der Waals surface area contributed by atoms with Gasteiger partial charge in [-0.1, -0.05) is 13.8 Å². The van der Waals surface area contributed by atoms with Crippen molar-refractivity contribution in [3.8, 4) is 5.75 Å². The van der Waals surface area contributed by atoms with Crippen molar-refractivity contribution in [1.29, 1.82) is 0 Å². The highest BCUT2D eigenvalue weighted by Crippen LogP contribution is 2.61. The lowest BCUT2D eigenvalue weighted by atomic mass is 9.96. The first-order chi connectivity index (χ1) is 6.90. The molecule has 2 nitrogen and oxygen atoms in total. The Morgan fingerprint density at radius 1 is 1.40 bits per heavy atom. The lowest BCUT2D eigenvalue weighted by Crippen LogP contribution is -2.26. The highest BCUT2D eigenvalue weighted by atomic mass is 19.1. The van der Waals surface area contributed by atoms with Crippen LogP contribution in [0, 0.1) is 11.2 Å². The van der Waals surface area contributed by atoms with Crippen molar-refractivity contribution in [3.63, 3.8) is 0 Å². The van der Waals surface area contributed by atoms with Crippen LogP contribution in [0.1, 0.15) is 25.8 Å². The van der Waals surface area contributed by atoms with E-state index in [4.69, 9.17) is 10.5 Å². The van der Waals surface area contributed by atoms with E-state index in [0.717, 1.165) is 12.0 Å². The molecule has 2 N–H and O–H groups in total. The SMILES string of the molecule is COc1ccc(F)cc1C1(N)CC1(C)C. The summed E-state index contributed by atoms with van der Waals surface area (Å²) in [6, 6.07) is 4.50. The first-order valence-corrected chi connectivity index (χ1v) is 5.04. The van der Waals surface area contributed by atoms with Crippen molar-refractivity contribution in [2.24, 2.45) is 11.1 Å². The Hall–Kier alpha value is -1.09. The molecule has 0 heterocycles. The average molecular weight is 209 g/mol. The number of halogens is 1. The Bertz CT molecular complexity index is 403. The topological polar surface area (TPSA) is 35.2 Å². The molecule has 1 aliphatic carbocycles. The minimum absolute atomic E-state index is 0.0219. The minimum Gasteiger partial charge on any atom is -0.496 e. The fraction of sp³-hybridized carbons (Fsp3) is 0.500. The molecule has 1 aliphatic rings. The molecule has 15 heavy (non-hydrogen) atoms. The number of ether oxygens (including phenoxy) is 1. The average Bonchev–Trinajstić information content (AvgIpc) is 2.67. The Labute approximate surface area is 89.2 Å². The van der Waals surface area contributed by atoms with Crippen molar-refractivity contribution >= 4 is 0 Å². The summed E-state index contributed by atoms with van der Waals surface area (Å²) in [5.41, 5.74) is 6.60. The molecular formula is C12H16FNO. The van der Waals surface area contributed by atoms with Crippen LogP contribution >= 0.6 is 0 Å². The lowest BCUT2D eigenvalue weighted by molar-refractivity contribution is 0.394. The quantitative estimate of drug-likeness (QED) is 0.811. The first kappa shape index (κ1) is 10.4. The highest BCUT2D eigenvalue weighted by Gasteiger charge is 2.60. The summed E-state index contributed by atoms with van der Waals surface area (Å²) < 4.78 is 18.4. The number of rotatable bonds is 2. The molecule has 1 fully saturated rings. The maximum Gasteiger partial charge on any atom is 0.124 e. The van der Waals surface area contributed by atoms with Crippen LogP contribution in [0.2, 0.25) is 0 Å². The third-order valence-corrected chi connectivity index (χ3v) is 3.45. The van der Waals surface area contributed by atoms with Crippen LogP contribution in [0.15, 0.2) is 18.2 Å². The van der Waals surface area contributed by atoms with Gasteiger partial charge >= 0.3 is 0 Å². The largest absolute Gasteiger partial charge is 0.496 e. The molecule has 1 aromatic carbocycles. The molecule has 0 bridgehead atoms. The van der Waals surface area contributed by atoms with Gasteiger partial charge in [-0.15, -0.1) is 0 Å². The molecule has 2 rings (SSSR count). The number of hydrogen-bond acceptors (Lipinski definition) is 2. The Kier molecular flexibility index (Phi) is 2.05. The second-order valence-electron chi connectivity index (χ2n) is 4.88. The molecule has 0 aromatic heterocycles. The number of methoxy groups -OCH3 is 1. The van der Waals surface area contributed by atoms with E-state index < -0.39 is 5.54 Å². The molecule has 1 saturated carbocycles. The van der Waals surface area contributed by atoms with E-state index in [0.29, 0.717) is 5.75 Å². The second kappa shape index (κ2) is 2.95. The molecule has 0 radical (unpaired) electrons. The zero-order valence-electron chi connectivity index (χ0n) is 9.30. The Morgan fingerprint density at radius 2 is 2.00 bits per heavy atom. The van der Waals surface area contributed by atoms with E-state index in [1.54, 1.807) is 13.2 Å². The van der Waals surface area contributed by atoms with Gasteiger partial charge in [-0.05, 0) is 30.0 Å². The Morgan fingerprint density at radius 3 is 2.47 bits per heavy atom. The van der Waals surface area contributed by atoms with E-state index in [1.165, 1.54) is 12.1 Å². The monoisotopic (exact) mass is 209 g/mol. The predicted octanol–water partition coefficient (Wildman–Crippen LogP) is 2.42. The third kappa shape index (κ3) is 1.42. The standard InChI is InChI=1S/C12H16FNO/c1-11(2)7-12(11,14)9-6-8(13)4-5-10(9)15-3/h4-6H,7,14H2,1-3H3. The van der Waals surface area contributed by atoms with Gasteiger partial charge in [0.15, 0.2) is 0 Å². The normalized spacial score (nSPS) is 27.5. The smallest absolute Gasteiger partial charge is 0.124 e. The van der Waals surface area contributed by atoms with E-state index in [9.17, 15) is 4.39 Å². The summed E-state index contributed by atoms with van der Waals surface area (Å²) in [7, 11) is 1.58. The lowest BCUT2D eigenvalue weighted by Gasteiger charge is -2.18. The molecule has 0 saturated heterocycles. The molecule has 0 spiro atoms. The summed E-state index contributed by atoms with van der Waals surface area (Å²) in [6.45, 7) is 4.16. The molecule has 1 unspecified atom stereocenters. The van der Waals surface area contributed by atoms with Crippen LogP contribution in [0.3, 0.4) is 0 Å². The molecule has 0 aliphatic heterocycles. The summed E-state index contributed by atoms with van der Waals surface area (Å²) in [5, 5.41) is 0. The van der Waals surface area contributed by atoms with Crippen LogP contribution in [-0.2, 0) is 5.54 Å². The maximum absolute atomic E-state index is 13.2. The molecular weight excluding hydrogens is 193 g/mol. The van der Waals surface area contributed by atoms with E-state index in [1.807, 2.05) is 0 Å². The van der Waals surface area contributed by atoms with Gasteiger partial charge in [0, 0.05) is 5.56 Å². The van der Waals surface area contributed by atoms with Crippen LogP contribution in [0.5, 0.6) is 5.75 Å². The summed E-state index contributed by atoms with van der Waals surface area (Å²) in [5.74, 6) is 0.405. The third-order valence-electron chi connectivity index (χ3n) is 3.45. The first-order valence-electron chi connectivity index (χ1n) is 5.04. The molecule has 1 aromatic rings. The second-order valence-corrected chi connectivity index (χ2v) is 4.88. The van der Waals surface area contributed by atoms with Crippen molar-refractivity contribution < 1.29 is 9.13 Å². The van der Waals surface area contributed by atoms with Gasteiger partial charge in [-0.2, -0.15) is 0 Å². The van der Waals surface area contributed by atoms with Crippen molar-refractivity contribution in [2.45, 2.75) is 25.8 Å². The van der Waals surface area contributed by atoms with Crippen molar-refractivity contribution in [3.05, 3.63) is 29.6 Å². The molecule has 1 atom stereocenters. The van der Waals surface area contributed by atoms with Gasteiger partial charge in [0.1, 0.15) is 11.6 Å². The van der Waals surface area contributed by atoms with E-state index >= 15 is 0 Å². The van der Waals surface area contributed by atoms with Gasteiger partial charge in [-0.25, -0.2) is 4.39 Å². The van der Waals surface area contributed by atoms with Gasteiger partial charge in [0.2, 0.25) is 0 Å². The van der Waals surface area contributed by atoms with Crippen LogP contribution < -0.4 is 10.5 Å². The van der Waals surface area contributed by atoms with Crippen LogP contribution in [0.25, 0.3) is 0 Å². The van der Waals surface area contributed by atoms with Gasteiger partial charge in [0.25, 0.3) is 0 Å². The summed E-state index contributed by atoms with van der Waals surface area (Å²) in [6.07, 6.45) is 0.861. The van der Waals surface area contributed by atoms with Crippen LogP contribution in [-0.4, -0.2) is 7.11 Å². The zero-order chi connectivity index (χ0) is 11.3. The number of nitrogens with two attached hydrogens (primary N) is 1. The van der Waals surface area contributed by atoms with Crippen molar-refractivity contribution in [2.75, 3.05) is 7.11 Å². The fourth-order valence-corrected chi connectivity index (χ4v) is 2.14. The number of benzene rings is 1. The maximum atomic E-state index is 13.2.